The third-order valence-corrected chi connectivity index (χ3v) is 5.22. The van der Waals surface area contributed by atoms with Gasteiger partial charge in [0.2, 0.25) is 0 Å². The number of hydrogen-bond donors (Lipinski definition) is 0. The van der Waals surface area contributed by atoms with Gasteiger partial charge in [-0.2, -0.15) is 8.42 Å². The number of halogens is 3. The van der Waals surface area contributed by atoms with Gasteiger partial charge in [-0.1, -0.05) is 40.9 Å². The maximum Gasteiger partial charge on any atom is 0.339 e. The molecule has 3 nitrogen and oxygen atoms in total. The van der Waals surface area contributed by atoms with Crippen molar-refractivity contribution >= 4 is 49.2 Å². The Kier molecular flexibility index (Phi) is 4.64. The monoisotopic (exact) mass is 394 g/mol. The van der Waals surface area contributed by atoms with Gasteiger partial charge in [0.05, 0.1) is 10.0 Å². The number of aryl methyl sites for hydroxylation is 1. The average molecular weight is 396 g/mol. The highest BCUT2D eigenvalue weighted by atomic mass is 79.9. The summed E-state index contributed by atoms with van der Waals surface area (Å²) in [6.45, 7) is 1.86. The van der Waals surface area contributed by atoms with Crippen LogP contribution in [0.2, 0.25) is 10.0 Å². The zero-order valence-electron chi connectivity index (χ0n) is 10.2. The Balaban J connectivity index is 2.38. The second-order valence-corrected chi connectivity index (χ2v) is 7.26. The lowest BCUT2D eigenvalue weighted by molar-refractivity contribution is 0.486. The molecule has 2 aromatic carbocycles. The largest absolute Gasteiger partial charge is 0.377 e. The SMILES string of the molecule is Cc1ccc(S(=O)(=O)Oc2cc(Cl)c(Br)cc2Cl)cc1. The summed E-state index contributed by atoms with van der Waals surface area (Å²) in [6.07, 6.45) is 0. The van der Waals surface area contributed by atoms with Gasteiger partial charge >= 0.3 is 10.1 Å². The molecule has 0 heterocycles. The van der Waals surface area contributed by atoms with Gasteiger partial charge < -0.3 is 4.18 Å². The highest BCUT2D eigenvalue weighted by Gasteiger charge is 2.19. The van der Waals surface area contributed by atoms with E-state index in [4.69, 9.17) is 27.4 Å². The summed E-state index contributed by atoms with van der Waals surface area (Å²) < 4.78 is 29.8. The van der Waals surface area contributed by atoms with Gasteiger partial charge in [0.15, 0.2) is 5.75 Å². The van der Waals surface area contributed by atoms with Gasteiger partial charge in [-0.15, -0.1) is 0 Å². The standard InChI is InChI=1S/C13H9BrCl2O3S/c1-8-2-4-9(5-3-8)20(17,18)19-13-7-11(15)10(14)6-12(13)16/h2-7H,1H3. The average Bonchev–Trinajstić information content (AvgIpc) is 2.36. The second kappa shape index (κ2) is 5.93. The first-order valence-electron chi connectivity index (χ1n) is 5.45. The van der Waals surface area contributed by atoms with Crippen molar-refractivity contribution in [2.24, 2.45) is 0 Å². The number of hydrogen-bond acceptors (Lipinski definition) is 3. The van der Waals surface area contributed by atoms with Crippen molar-refractivity contribution in [1.82, 2.24) is 0 Å². The fourth-order valence-electron chi connectivity index (χ4n) is 1.44. The van der Waals surface area contributed by atoms with Crippen LogP contribution in [0.15, 0.2) is 45.8 Å². The third-order valence-electron chi connectivity index (χ3n) is 2.48. The molecule has 2 aromatic rings. The van der Waals surface area contributed by atoms with E-state index in [0.717, 1.165) is 5.56 Å². The van der Waals surface area contributed by atoms with Crippen molar-refractivity contribution < 1.29 is 12.6 Å². The zero-order chi connectivity index (χ0) is 14.9. The van der Waals surface area contributed by atoms with Gasteiger partial charge in [-0.25, -0.2) is 0 Å². The Labute approximate surface area is 135 Å². The molecular weight excluding hydrogens is 387 g/mol. The summed E-state index contributed by atoms with van der Waals surface area (Å²) in [5.41, 5.74) is 0.952. The first kappa shape index (κ1) is 15.6. The van der Waals surface area contributed by atoms with Crippen LogP contribution >= 0.6 is 39.1 Å². The first-order chi connectivity index (χ1) is 9.29. The molecule has 0 radical (unpaired) electrons. The quantitative estimate of drug-likeness (QED) is 0.552. The molecule has 0 bridgehead atoms. The van der Waals surface area contributed by atoms with Crippen molar-refractivity contribution in [3.63, 3.8) is 0 Å². The van der Waals surface area contributed by atoms with E-state index in [0.29, 0.717) is 9.50 Å². The normalized spacial score (nSPS) is 11.4. The number of benzene rings is 2. The van der Waals surface area contributed by atoms with E-state index in [-0.39, 0.29) is 15.7 Å². The van der Waals surface area contributed by atoms with Crippen LogP contribution in [0.25, 0.3) is 0 Å². The molecule has 20 heavy (non-hydrogen) atoms. The van der Waals surface area contributed by atoms with Gasteiger partial charge in [-0.05, 0) is 41.1 Å². The van der Waals surface area contributed by atoms with Crippen LogP contribution in [0.5, 0.6) is 5.75 Å². The van der Waals surface area contributed by atoms with E-state index in [1.54, 1.807) is 12.1 Å². The Morgan fingerprint density at radius 2 is 1.65 bits per heavy atom. The maximum absolute atomic E-state index is 12.1. The van der Waals surface area contributed by atoms with Crippen molar-refractivity contribution in [2.75, 3.05) is 0 Å². The van der Waals surface area contributed by atoms with E-state index >= 15 is 0 Å². The highest BCUT2D eigenvalue weighted by molar-refractivity contribution is 9.10. The predicted molar refractivity (Wildman–Crippen MR) is 83.2 cm³/mol. The fourth-order valence-corrected chi connectivity index (χ4v) is 3.26. The van der Waals surface area contributed by atoms with Crippen LogP contribution in [-0.2, 0) is 10.1 Å². The summed E-state index contributed by atoms with van der Waals surface area (Å²) in [7, 11) is -3.94. The summed E-state index contributed by atoms with van der Waals surface area (Å²) in [5.74, 6) is -0.0135. The molecule has 0 atom stereocenters. The lowest BCUT2D eigenvalue weighted by Gasteiger charge is -2.09. The molecule has 106 valence electrons. The first-order valence-corrected chi connectivity index (χ1v) is 8.41. The molecule has 0 aliphatic carbocycles. The molecule has 0 spiro atoms. The van der Waals surface area contributed by atoms with Gasteiger partial charge in [0.1, 0.15) is 4.90 Å². The Morgan fingerprint density at radius 1 is 1.05 bits per heavy atom. The van der Waals surface area contributed by atoms with E-state index in [1.165, 1.54) is 24.3 Å². The Bertz CT molecular complexity index is 743. The Morgan fingerprint density at radius 3 is 2.25 bits per heavy atom. The molecule has 0 fully saturated rings. The smallest absolute Gasteiger partial charge is 0.339 e. The van der Waals surface area contributed by atoms with E-state index < -0.39 is 10.1 Å². The third kappa shape index (κ3) is 3.47. The van der Waals surface area contributed by atoms with Crippen molar-refractivity contribution in [3.05, 3.63) is 56.5 Å². The van der Waals surface area contributed by atoms with Crippen LogP contribution in [0, 0.1) is 6.92 Å². The molecule has 2 rings (SSSR count). The Hall–Kier alpha value is -0.750. The minimum absolute atomic E-state index is 0.0135. The van der Waals surface area contributed by atoms with Crippen LogP contribution in [0.3, 0.4) is 0 Å². The molecular formula is C13H9BrCl2O3S. The van der Waals surface area contributed by atoms with Gasteiger partial charge in [0.25, 0.3) is 0 Å². The molecule has 0 unspecified atom stereocenters. The van der Waals surface area contributed by atoms with E-state index in [2.05, 4.69) is 15.9 Å². The lowest BCUT2D eigenvalue weighted by Crippen LogP contribution is -2.10. The minimum Gasteiger partial charge on any atom is -0.377 e. The zero-order valence-corrected chi connectivity index (χ0v) is 14.1. The van der Waals surface area contributed by atoms with Crippen LogP contribution < -0.4 is 4.18 Å². The predicted octanol–water partition coefficient (Wildman–Crippen LogP) is 4.83. The lowest BCUT2D eigenvalue weighted by atomic mass is 10.2. The van der Waals surface area contributed by atoms with Crippen LogP contribution in [0.1, 0.15) is 5.56 Å². The maximum atomic E-state index is 12.1. The molecule has 0 saturated heterocycles. The second-order valence-electron chi connectivity index (χ2n) is 4.05. The molecule has 0 amide bonds. The number of rotatable bonds is 3. The highest BCUT2D eigenvalue weighted by Crippen LogP contribution is 2.35. The molecule has 7 heteroatoms. The van der Waals surface area contributed by atoms with E-state index in [9.17, 15) is 8.42 Å². The molecule has 0 aliphatic heterocycles. The molecule has 0 saturated carbocycles. The fraction of sp³-hybridized carbons (Fsp3) is 0.0769. The van der Waals surface area contributed by atoms with Crippen molar-refractivity contribution in [2.45, 2.75) is 11.8 Å². The topological polar surface area (TPSA) is 43.4 Å². The molecule has 0 N–H and O–H groups in total. The van der Waals surface area contributed by atoms with Crippen LogP contribution in [0.4, 0.5) is 0 Å². The van der Waals surface area contributed by atoms with Crippen LogP contribution in [-0.4, -0.2) is 8.42 Å². The minimum atomic E-state index is -3.94. The van der Waals surface area contributed by atoms with Gasteiger partial charge in [0, 0.05) is 10.5 Å². The summed E-state index contributed by atoms with van der Waals surface area (Å²) in [5, 5.41) is 0.459. The van der Waals surface area contributed by atoms with Crippen molar-refractivity contribution in [3.8, 4) is 5.75 Å². The summed E-state index contributed by atoms with van der Waals surface area (Å²) in [4.78, 5) is 0.0539. The molecule has 0 aliphatic rings. The summed E-state index contributed by atoms with van der Waals surface area (Å²) >= 11 is 15.0. The van der Waals surface area contributed by atoms with Gasteiger partial charge in [-0.3, -0.25) is 0 Å². The molecule has 0 aromatic heterocycles. The van der Waals surface area contributed by atoms with E-state index in [1.807, 2.05) is 6.92 Å². The summed E-state index contributed by atoms with van der Waals surface area (Å²) in [6, 6.07) is 9.14. The van der Waals surface area contributed by atoms with Crippen molar-refractivity contribution in [1.29, 1.82) is 0 Å².